The average Bonchev–Trinajstić information content (AvgIpc) is 3.17. The summed E-state index contributed by atoms with van der Waals surface area (Å²) in [7, 11) is 1.34. The van der Waals surface area contributed by atoms with E-state index in [0.717, 1.165) is 19.0 Å². The molecule has 0 aliphatic heterocycles. The van der Waals surface area contributed by atoms with E-state index in [0.29, 0.717) is 24.2 Å². The average molecular weight is 265 g/mol. The Morgan fingerprint density at radius 2 is 2.32 bits per heavy atom. The second-order valence-corrected chi connectivity index (χ2v) is 4.23. The topological polar surface area (TPSA) is 86.0 Å². The highest BCUT2D eigenvalue weighted by Crippen LogP contribution is 2.38. The molecule has 2 heterocycles. The molecule has 0 aromatic carbocycles. The highest BCUT2D eigenvalue weighted by atomic mass is 19.1. The molecule has 0 unspecified atom stereocenters. The van der Waals surface area contributed by atoms with Gasteiger partial charge in [0.2, 0.25) is 17.7 Å². The van der Waals surface area contributed by atoms with Crippen LogP contribution in [0.4, 0.5) is 10.3 Å². The molecule has 3 rings (SSSR count). The standard InChI is InChI=1S/C11H12FN5O2/c1-18-10-7(12)4-13-11(16-10)14-5-8-15-9(19-17-8)6-2-3-6/h4,6H,2-3,5H2,1H3,(H,13,14,16). The summed E-state index contributed by atoms with van der Waals surface area (Å²) < 4.78 is 23.0. The van der Waals surface area contributed by atoms with Crippen molar-refractivity contribution in [2.45, 2.75) is 25.3 Å². The van der Waals surface area contributed by atoms with Gasteiger partial charge in [-0.15, -0.1) is 0 Å². The molecule has 1 fully saturated rings. The Labute approximate surface area is 108 Å². The smallest absolute Gasteiger partial charge is 0.255 e. The van der Waals surface area contributed by atoms with E-state index in [1.165, 1.54) is 7.11 Å². The Kier molecular flexibility index (Phi) is 2.98. The van der Waals surface area contributed by atoms with Gasteiger partial charge in [-0.3, -0.25) is 0 Å². The first kappa shape index (κ1) is 11.8. The van der Waals surface area contributed by atoms with Crippen LogP contribution in [0.1, 0.15) is 30.5 Å². The van der Waals surface area contributed by atoms with Crippen LogP contribution in [0, 0.1) is 5.82 Å². The molecule has 2 aromatic heterocycles. The number of nitrogens with zero attached hydrogens (tertiary/aromatic N) is 4. The van der Waals surface area contributed by atoms with E-state index in [-0.39, 0.29) is 11.8 Å². The number of ether oxygens (including phenoxy) is 1. The van der Waals surface area contributed by atoms with E-state index in [1.54, 1.807) is 0 Å². The zero-order chi connectivity index (χ0) is 13.2. The fraction of sp³-hybridized carbons (Fsp3) is 0.455. The van der Waals surface area contributed by atoms with Crippen LogP contribution < -0.4 is 10.1 Å². The largest absolute Gasteiger partial charge is 0.479 e. The lowest BCUT2D eigenvalue weighted by Crippen LogP contribution is -2.06. The molecule has 0 atom stereocenters. The normalized spacial score (nSPS) is 14.4. The molecular formula is C11H12FN5O2. The Balaban J connectivity index is 1.64. The first-order valence-electron chi connectivity index (χ1n) is 5.89. The van der Waals surface area contributed by atoms with Crippen molar-refractivity contribution >= 4 is 5.95 Å². The van der Waals surface area contributed by atoms with Crippen molar-refractivity contribution in [2.24, 2.45) is 0 Å². The molecule has 1 aliphatic carbocycles. The summed E-state index contributed by atoms with van der Waals surface area (Å²) >= 11 is 0. The Bertz CT molecular complexity index is 584. The molecule has 1 saturated carbocycles. The van der Waals surface area contributed by atoms with Crippen LogP contribution >= 0.6 is 0 Å². The lowest BCUT2D eigenvalue weighted by molar-refractivity contribution is 0.367. The quantitative estimate of drug-likeness (QED) is 0.876. The molecule has 0 bridgehead atoms. The highest BCUT2D eigenvalue weighted by Gasteiger charge is 2.29. The van der Waals surface area contributed by atoms with E-state index in [9.17, 15) is 4.39 Å². The summed E-state index contributed by atoms with van der Waals surface area (Å²) in [5.74, 6) is 1.15. The molecule has 19 heavy (non-hydrogen) atoms. The van der Waals surface area contributed by atoms with E-state index in [2.05, 4.69) is 25.4 Å². The van der Waals surface area contributed by atoms with Crippen LogP contribution in [-0.4, -0.2) is 27.2 Å². The Morgan fingerprint density at radius 1 is 1.47 bits per heavy atom. The zero-order valence-corrected chi connectivity index (χ0v) is 10.3. The van der Waals surface area contributed by atoms with Crippen LogP contribution in [0.25, 0.3) is 0 Å². The maximum atomic E-state index is 13.1. The van der Waals surface area contributed by atoms with E-state index in [4.69, 9.17) is 9.26 Å². The number of rotatable bonds is 5. The monoisotopic (exact) mass is 265 g/mol. The van der Waals surface area contributed by atoms with Crippen LogP contribution in [0.2, 0.25) is 0 Å². The molecule has 100 valence electrons. The van der Waals surface area contributed by atoms with Crippen molar-refractivity contribution in [3.8, 4) is 5.88 Å². The number of hydrogen-bond donors (Lipinski definition) is 1. The lowest BCUT2D eigenvalue weighted by atomic mass is 10.4. The zero-order valence-electron chi connectivity index (χ0n) is 10.3. The van der Waals surface area contributed by atoms with Gasteiger partial charge in [-0.25, -0.2) is 4.98 Å². The van der Waals surface area contributed by atoms with Crippen molar-refractivity contribution in [2.75, 3.05) is 12.4 Å². The molecular weight excluding hydrogens is 253 g/mol. The van der Waals surface area contributed by atoms with Crippen molar-refractivity contribution in [3.05, 3.63) is 23.7 Å². The van der Waals surface area contributed by atoms with Gasteiger partial charge in [0.25, 0.3) is 5.88 Å². The third-order valence-corrected chi connectivity index (χ3v) is 2.72. The van der Waals surface area contributed by atoms with E-state index >= 15 is 0 Å². The van der Waals surface area contributed by atoms with Gasteiger partial charge in [-0.1, -0.05) is 5.16 Å². The summed E-state index contributed by atoms with van der Waals surface area (Å²) in [5.41, 5.74) is 0. The van der Waals surface area contributed by atoms with Gasteiger partial charge in [0, 0.05) is 5.92 Å². The second kappa shape index (κ2) is 4.79. The molecule has 1 N–H and O–H groups in total. The minimum atomic E-state index is -0.608. The van der Waals surface area contributed by atoms with Crippen molar-refractivity contribution in [1.29, 1.82) is 0 Å². The van der Waals surface area contributed by atoms with Crippen LogP contribution in [-0.2, 0) is 6.54 Å². The summed E-state index contributed by atoms with van der Waals surface area (Å²) in [6.45, 7) is 0.311. The third-order valence-electron chi connectivity index (χ3n) is 2.72. The molecule has 2 aromatic rings. The number of methoxy groups -OCH3 is 1. The van der Waals surface area contributed by atoms with Gasteiger partial charge in [-0.2, -0.15) is 14.4 Å². The van der Waals surface area contributed by atoms with Crippen molar-refractivity contribution in [3.63, 3.8) is 0 Å². The van der Waals surface area contributed by atoms with E-state index in [1.807, 2.05) is 0 Å². The summed E-state index contributed by atoms with van der Waals surface area (Å²) in [5, 5.41) is 6.72. The molecule has 0 saturated heterocycles. The Morgan fingerprint density at radius 3 is 3.05 bits per heavy atom. The predicted molar refractivity (Wildman–Crippen MR) is 62.1 cm³/mol. The van der Waals surface area contributed by atoms with Gasteiger partial charge in [0.15, 0.2) is 5.82 Å². The number of aromatic nitrogens is 4. The van der Waals surface area contributed by atoms with Crippen LogP contribution in [0.15, 0.2) is 10.7 Å². The third kappa shape index (κ3) is 2.61. The summed E-state index contributed by atoms with van der Waals surface area (Å²) in [6, 6.07) is 0. The van der Waals surface area contributed by atoms with E-state index < -0.39 is 5.82 Å². The first-order valence-corrected chi connectivity index (χ1v) is 5.89. The second-order valence-electron chi connectivity index (χ2n) is 4.23. The minimum absolute atomic E-state index is 0.107. The fourth-order valence-electron chi connectivity index (χ4n) is 1.57. The van der Waals surface area contributed by atoms with Crippen molar-refractivity contribution < 1.29 is 13.7 Å². The summed E-state index contributed by atoms with van der Waals surface area (Å²) in [6.07, 6.45) is 3.25. The number of anilines is 1. The number of nitrogens with one attached hydrogen (secondary N) is 1. The number of hydrogen-bond acceptors (Lipinski definition) is 7. The maximum absolute atomic E-state index is 13.1. The lowest BCUT2D eigenvalue weighted by Gasteiger charge is -2.04. The highest BCUT2D eigenvalue weighted by molar-refractivity contribution is 5.28. The molecule has 0 radical (unpaired) electrons. The molecule has 8 heteroatoms. The van der Waals surface area contributed by atoms with Gasteiger partial charge < -0.3 is 14.6 Å². The van der Waals surface area contributed by atoms with Crippen LogP contribution in [0.5, 0.6) is 5.88 Å². The number of halogens is 1. The van der Waals surface area contributed by atoms with Gasteiger partial charge in [0.1, 0.15) is 0 Å². The van der Waals surface area contributed by atoms with Gasteiger partial charge in [0.05, 0.1) is 19.9 Å². The first-order chi connectivity index (χ1) is 9.26. The molecule has 7 nitrogen and oxygen atoms in total. The van der Waals surface area contributed by atoms with Gasteiger partial charge in [-0.05, 0) is 12.8 Å². The maximum Gasteiger partial charge on any atom is 0.255 e. The molecule has 0 amide bonds. The molecule has 0 spiro atoms. The Hall–Kier alpha value is -2.25. The predicted octanol–water partition coefficient (Wildman–Crippen LogP) is 1.50. The van der Waals surface area contributed by atoms with Gasteiger partial charge >= 0.3 is 0 Å². The summed E-state index contributed by atoms with van der Waals surface area (Å²) in [4.78, 5) is 11.9. The SMILES string of the molecule is COc1nc(NCc2noc(C3CC3)n2)ncc1F. The van der Waals surface area contributed by atoms with Crippen molar-refractivity contribution in [1.82, 2.24) is 20.1 Å². The fourth-order valence-corrected chi connectivity index (χ4v) is 1.57. The minimum Gasteiger partial charge on any atom is -0.479 e. The van der Waals surface area contributed by atoms with Crippen LogP contribution in [0.3, 0.4) is 0 Å². The molecule has 1 aliphatic rings.